The first-order valence-corrected chi connectivity index (χ1v) is 13.6. The lowest BCUT2D eigenvalue weighted by atomic mass is 10.2. The van der Waals surface area contributed by atoms with Crippen LogP contribution < -0.4 is 15.1 Å². The molecule has 0 radical (unpaired) electrons. The lowest BCUT2D eigenvalue weighted by molar-refractivity contribution is 0.0320. The highest BCUT2D eigenvalue weighted by atomic mass is 32.1. The van der Waals surface area contributed by atoms with Crippen LogP contribution in [0.2, 0.25) is 0 Å². The summed E-state index contributed by atoms with van der Waals surface area (Å²) in [6, 6.07) is 8.35. The monoisotopic (exact) mass is 489 g/mol. The minimum absolute atomic E-state index is 0.613. The number of anilines is 2. The Kier molecular flexibility index (Phi) is 13.6. The van der Waals surface area contributed by atoms with E-state index in [1.54, 1.807) is 17.6 Å². The van der Waals surface area contributed by atoms with Crippen LogP contribution >= 0.6 is 11.3 Å². The molecule has 1 N–H and O–H groups in total. The molecule has 1 aliphatic rings. The van der Waals surface area contributed by atoms with Gasteiger partial charge in [-0.05, 0) is 37.5 Å². The molecule has 0 unspecified atom stereocenters. The van der Waals surface area contributed by atoms with Crippen LogP contribution in [0, 0.1) is 0 Å². The third-order valence-corrected chi connectivity index (χ3v) is 6.44. The molecule has 2 aromatic heterocycles. The number of hydrogen-bond acceptors (Lipinski definition) is 8. The Morgan fingerprint density at radius 2 is 1.88 bits per heavy atom. The summed E-state index contributed by atoms with van der Waals surface area (Å²) >= 11 is 1.73. The van der Waals surface area contributed by atoms with Crippen molar-refractivity contribution in [3.63, 3.8) is 0 Å². The lowest BCUT2D eigenvalue weighted by Gasteiger charge is -2.26. The number of ether oxygens (including phenoxy) is 2. The molecule has 34 heavy (non-hydrogen) atoms. The average Bonchev–Trinajstić information content (AvgIpc) is 3.34. The summed E-state index contributed by atoms with van der Waals surface area (Å²) in [6.45, 7) is 17.6. The van der Waals surface area contributed by atoms with E-state index in [1.807, 2.05) is 13.8 Å². The van der Waals surface area contributed by atoms with Gasteiger partial charge in [-0.2, -0.15) is 5.10 Å². The van der Waals surface area contributed by atoms with Crippen LogP contribution in [-0.4, -0.2) is 68.6 Å². The summed E-state index contributed by atoms with van der Waals surface area (Å²) in [7, 11) is 0. The van der Waals surface area contributed by atoms with Gasteiger partial charge in [0.2, 0.25) is 5.88 Å². The summed E-state index contributed by atoms with van der Waals surface area (Å²) in [4.78, 5) is 10.8. The van der Waals surface area contributed by atoms with Gasteiger partial charge < -0.3 is 14.4 Å². The van der Waals surface area contributed by atoms with Crippen molar-refractivity contribution in [2.45, 2.75) is 53.9 Å². The second-order valence-electron chi connectivity index (χ2n) is 7.87. The largest absolute Gasteiger partial charge is 0.476 e. The van der Waals surface area contributed by atoms with Gasteiger partial charge in [-0.3, -0.25) is 10.3 Å². The van der Waals surface area contributed by atoms with Crippen LogP contribution in [0.4, 0.5) is 10.7 Å². The highest BCUT2D eigenvalue weighted by Crippen LogP contribution is 2.23. The van der Waals surface area contributed by atoms with Gasteiger partial charge in [0.15, 0.2) is 0 Å². The SMILES string of the molecule is CC.CCCN(CCC)c1cc(/C=N/Nc2ccc(CC)s2)nc(OCCN2CCOCC2)c1. The van der Waals surface area contributed by atoms with Crippen LogP contribution in [0.15, 0.2) is 29.4 Å². The number of pyridine rings is 1. The summed E-state index contributed by atoms with van der Waals surface area (Å²) < 4.78 is 11.5. The topological polar surface area (TPSA) is 62.2 Å². The zero-order chi connectivity index (χ0) is 24.6. The quantitative estimate of drug-likeness (QED) is 0.295. The molecule has 1 fully saturated rings. The van der Waals surface area contributed by atoms with Crippen molar-refractivity contribution < 1.29 is 9.47 Å². The fourth-order valence-corrected chi connectivity index (χ4v) is 4.44. The Hall–Kier alpha value is -2.16. The number of thiophene rings is 1. The van der Waals surface area contributed by atoms with Gasteiger partial charge in [0.05, 0.1) is 25.1 Å². The Balaban J connectivity index is 0.00000199. The van der Waals surface area contributed by atoms with E-state index in [-0.39, 0.29) is 0 Å². The highest BCUT2D eigenvalue weighted by Gasteiger charge is 2.12. The molecule has 1 aliphatic heterocycles. The number of hydrogen-bond donors (Lipinski definition) is 1. The minimum Gasteiger partial charge on any atom is -0.476 e. The average molecular weight is 490 g/mol. The van der Waals surface area contributed by atoms with Crippen molar-refractivity contribution >= 4 is 28.2 Å². The number of rotatable bonds is 13. The molecule has 0 bridgehead atoms. The van der Waals surface area contributed by atoms with E-state index in [1.165, 1.54) is 4.88 Å². The number of aromatic nitrogens is 1. The number of hydrazone groups is 1. The van der Waals surface area contributed by atoms with Crippen molar-refractivity contribution in [1.82, 2.24) is 9.88 Å². The minimum atomic E-state index is 0.613. The van der Waals surface area contributed by atoms with E-state index < -0.39 is 0 Å². The van der Waals surface area contributed by atoms with Crippen LogP contribution in [0.25, 0.3) is 0 Å². The predicted octanol–water partition coefficient (Wildman–Crippen LogP) is 5.52. The fourth-order valence-electron chi connectivity index (χ4n) is 3.64. The molecular formula is C26H43N5O2S. The van der Waals surface area contributed by atoms with Crippen molar-refractivity contribution in [2.75, 3.05) is 62.9 Å². The second-order valence-corrected chi connectivity index (χ2v) is 9.04. The zero-order valence-corrected chi connectivity index (χ0v) is 22.5. The number of nitrogens with zero attached hydrogens (tertiary/aromatic N) is 4. The molecule has 1 saturated heterocycles. The number of aryl methyl sites for hydroxylation is 1. The first-order chi connectivity index (χ1) is 16.7. The summed E-state index contributed by atoms with van der Waals surface area (Å²) in [5, 5.41) is 5.46. The van der Waals surface area contributed by atoms with Crippen LogP contribution in [-0.2, 0) is 11.2 Å². The Morgan fingerprint density at radius 3 is 2.53 bits per heavy atom. The van der Waals surface area contributed by atoms with Gasteiger partial charge in [-0.15, -0.1) is 11.3 Å². The molecule has 7 nitrogen and oxygen atoms in total. The molecule has 0 amide bonds. The van der Waals surface area contributed by atoms with Gasteiger partial charge in [-0.1, -0.05) is 34.6 Å². The summed E-state index contributed by atoms with van der Waals surface area (Å²) in [5.41, 5.74) is 5.06. The molecule has 190 valence electrons. The Labute approximate surface area is 210 Å². The molecule has 3 rings (SSSR count). The summed E-state index contributed by atoms with van der Waals surface area (Å²) in [5.74, 6) is 0.652. The van der Waals surface area contributed by atoms with E-state index in [0.29, 0.717) is 12.5 Å². The van der Waals surface area contributed by atoms with Crippen LogP contribution in [0.1, 0.15) is 58.0 Å². The van der Waals surface area contributed by atoms with E-state index in [9.17, 15) is 0 Å². The molecule has 0 saturated carbocycles. The standard InChI is InChI=1S/C24H37N5O2S.C2H6/c1-4-9-29(10-5-2)21-17-20(19-25-27-24-8-7-22(6-3)32-24)26-23(18-21)31-16-13-28-11-14-30-15-12-28;1-2/h7-8,17-19,27H,4-6,9-16H2,1-3H3;1-2H3/b25-19+;. The van der Waals surface area contributed by atoms with Gasteiger partial charge in [-0.25, -0.2) is 4.98 Å². The van der Waals surface area contributed by atoms with E-state index in [0.717, 1.165) is 81.6 Å². The third-order valence-electron chi connectivity index (χ3n) is 5.30. The van der Waals surface area contributed by atoms with E-state index >= 15 is 0 Å². The van der Waals surface area contributed by atoms with E-state index in [4.69, 9.17) is 14.5 Å². The maximum Gasteiger partial charge on any atom is 0.215 e. The predicted molar refractivity (Wildman–Crippen MR) is 146 cm³/mol. The van der Waals surface area contributed by atoms with Gasteiger partial charge >= 0.3 is 0 Å². The first-order valence-electron chi connectivity index (χ1n) is 12.8. The Morgan fingerprint density at radius 1 is 1.15 bits per heavy atom. The van der Waals surface area contributed by atoms with Crippen LogP contribution in [0.5, 0.6) is 5.88 Å². The van der Waals surface area contributed by atoms with Crippen molar-refractivity contribution in [3.05, 3.63) is 34.8 Å². The molecule has 0 spiro atoms. The van der Waals surface area contributed by atoms with Gasteiger partial charge in [0.25, 0.3) is 0 Å². The normalized spacial score (nSPS) is 14.0. The first kappa shape index (κ1) is 28.1. The third kappa shape index (κ3) is 9.60. The van der Waals surface area contributed by atoms with Crippen molar-refractivity contribution in [2.24, 2.45) is 5.10 Å². The van der Waals surface area contributed by atoms with Crippen molar-refractivity contribution in [1.29, 1.82) is 0 Å². The summed E-state index contributed by atoms with van der Waals surface area (Å²) in [6.07, 6.45) is 5.01. The van der Waals surface area contributed by atoms with Crippen LogP contribution in [0.3, 0.4) is 0 Å². The lowest BCUT2D eigenvalue weighted by Crippen LogP contribution is -2.38. The van der Waals surface area contributed by atoms with E-state index in [2.05, 4.69) is 65.4 Å². The second kappa shape index (κ2) is 16.5. The fraction of sp³-hybridized carbons (Fsp3) is 0.615. The molecule has 0 atom stereocenters. The zero-order valence-electron chi connectivity index (χ0n) is 21.7. The van der Waals surface area contributed by atoms with Gasteiger partial charge in [0, 0.05) is 49.4 Å². The number of nitrogens with one attached hydrogen (secondary N) is 1. The maximum absolute atomic E-state index is 6.08. The molecule has 3 heterocycles. The highest BCUT2D eigenvalue weighted by molar-refractivity contribution is 7.16. The molecular weight excluding hydrogens is 446 g/mol. The molecule has 0 aromatic carbocycles. The molecule has 0 aliphatic carbocycles. The maximum atomic E-state index is 6.08. The number of morpholine rings is 1. The molecule has 8 heteroatoms. The smallest absolute Gasteiger partial charge is 0.215 e. The van der Waals surface area contributed by atoms with Crippen molar-refractivity contribution in [3.8, 4) is 5.88 Å². The molecule has 2 aromatic rings. The Bertz CT molecular complexity index is 830. The van der Waals surface area contributed by atoms with Gasteiger partial charge in [0.1, 0.15) is 11.6 Å².